The number of nitrogens with zero attached hydrogens (tertiary/aromatic N) is 3. The maximum absolute atomic E-state index is 13.4. The van der Waals surface area contributed by atoms with Crippen molar-refractivity contribution in [2.45, 2.75) is 19.5 Å². The van der Waals surface area contributed by atoms with Crippen LogP contribution in [-0.4, -0.2) is 39.7 Å². The summed E-state index contributed by atoms with van der Waals surface area (Å²) in [6.07, 6.45) is -3.13. The first-order chi connectivity index (χ1) is 17.5. The van der Waals surface area contributed by atoms with E-state index in [0.29, 0.717) is 40.4 Å². The fraction of sp³-hybridized carbons (Fsp3) is 0.200. The molecule has 2 aromatic heterocycles. The van der Waals surface area contributed by atoms with E-state index < -0.39 is 17.6 Å². The molecule has 0 aliphatic carbocycles. The number of aryl methyl sites for hydroxylation is 1. The van der Waals surface area contributed by atoms with E-state index >= 15 is 0 Å². The molecule has 0 aliphatic rings. The predicted molar refractivity (Wildman–Crippen MR) is 132 cm³/mol. The molecule has 12 heteroatoms. The average molecular weight is 532 g/mol. The van der Waals surface area contributed by atoms with Gasteiger partial charge in [0, 0.05) is 41.4 Å². The van der Waals surface area contributed by atoms with Crippen LogP contribution >= 0.6 is 11.6 Å². The van der Waals surface area contributed by atoms with Crippen LogP contribution in [0.1, 0.15) is 27.4 Å². The minimum absolute atomic E-state index is 0.200. The summed E-state index contributed by atoms with van der Waals surface area (Å²) in [6, 6.07) is 12.4. The van der Waals surface area contributed by atoms with E-state index in [0.717, 1.165) is 12.3 Å². The van der Waals surface area contributed by atoms with Crippen LogP contribution < -0.4 is 15.3 Å². The molecule has 0 fully saturated rings. The van der Waals surface area contributed by atoms with Crippen molar-refractivity contribution in [2.75, 3.05) is 18.6 Å². The number of halogens is 4. The number of aromatic nitrogens is 4. The molecule has 37 heavy (non-hydrogen) atoms. The number of anilines is 1. The summed E-state index contributed by atoms with van der Waals surface area (Å²) in [6.45, 7) is 1.72. The number of benzene rings is 2. The molecule has 0 unspecified atom stereocenters. The zero-order chi connectivity index (χ0) is 26.7. The normalized spacial score (nSPS) is 11.4. The summed E-state index contributed by atoms with van der Waals surface area (Å²) >= 11 is 6.34. The number of hydrogen-bond donors (Lipinski definition) is 2. The van der Waals surface area contributed by atoms with E-state index in [1.54, 1.807) is 31.3 Å². The number of rotatable bonds is 7. The SMILES string of the molecule is Cc1cc(C(F)(F)F)ncc1-c1cc(C(=O)N(C)c2ccccc2OCCc2n[nH]c(=O)[nH]2)ccc1Cl. The molecule has 2 N–H and O–H groups in total. The predicted octanol–water partition coefficient (Wildman–Crippen LogP) is 5.04. The van der Waals surface area contributed by atoms with Crippen LogP contribution in [-0.2, 0) is 12.6 Å². The van der Waals surface area contributed by atoms with Gasteiger partial charge in [0.15, 0.2) is 0 Å². The first-order valence-corrected chi connectivity index (χ1v) is 11.4. The summed E-state index contributed by atoms with van der Waals surface area (Å²) in [5, 5.41) is 6.37. The minimum Gasteiger partial charge on any atom is -0.491 e. The van der Waals surface area contributed by atoms with E-state index in [-0.39, 0.29) is 23.1 Å². The second kappa shape index (κ2) is 10.5. The van der Waals surface area contributed by atoms with Crippen LogP contribution in [0.4, 0.5) is 18.9 Å². The monoisotopic (exact) mass is 531 g/mol. The van der Waals surface area contributed by atoms with E-state index in [9.17, 15) is 22.8 Å². The van der Waals surface area contributed by atoms with Crippen LogP contribution in [0.3, 0.4) is 0 Å². The standard InChI is InChI=1S/C25H21ClF3N5O3/c1-14-11-21(25(27,28)29)30-13-17(14)16-12-15(7-8-18(16)26)23(35)34(2)19-5-3-4-6-20(19)37-10-9-22-31-24(36)33-32-22/h3-8,11-13H,9-10H2,1-2H3,(H2,31,32,33,36). The lowest BCUT2D eigenvalue weighted by Crippen LogP contribution is -2.27. The average Bonchev–Trinajstić information content (AvgIpc) is 3.28. The lowest BCUT2D eigenvalue weighted by Gasteiger charge is -2.21. The van der Waals surface area contributed by atoms with Crippen molar-refractivity contribution in [1.29, 1.82) is 0 Å². The second-order valence-electron chi connectivity index (χ2n) is 8.13. The topological polar surface area (TPSA) is 104 Å². The third-order valence-electron chi connectivity index (χ3n) is 5.58. The number of carbonyl (C=O) groups excluding carboxylic acids is 1. The number of ether oxygens (including phenoxy) is 1. The molecule has 192 valence electrons. The minimum atomic E-state index is -4.57. The fourth-order valence-corrected chi connectivity index (χ4v) is 3.92. The molecular weight excluding hydrogens is 511 g/mol. The highest BCUT2D eigenvalue weighted by atomic mass is 35.5. The fourth-order valence-electron chi connectivity index (χ4n) is 3.70. The van der Waals surface area contributed by atoms with Gasteiger partial charge in [0.1, 0.15) is 17.3 Å². The molecule has 0 saturated heterocycles. The number of pyridine rings is 1. The van der Waals surface area contributed by atoms with Crippen LogP contribution in [0.15, 0.2) is 59.5 Å². The molecular formula is C25H21ClF3N5O3. The first kappa shape index (κ1) is 26.0. The molecule has 0 radical (unpaired) electrons. The zero-order valence-electron chi connectivity index (χ0n) is 19.7. The highest BCUT2D eigenvalue weighted by molar-refractivity contribution is 6.33. The van der Waals surface area contributed by atoms with Gasteiger partial charge < -0.3 is 9.64 Å². The van der Waals surface area contributed by atoms with Gasteiger partial charge in [0.2, 0.25) is 0 Å². The largest absolute Gasteiger partial charge is 0.491 e. The third kappa shape index (κ3) is 5.83. The van der Waals surface area contributed by atoms with Crippen molar-refractivity contribution in [3.05, 3.63) is 92.9 Å². The maximum Gasteiger partial charge on any atom is 0.433 e. The Hall–Kier alpha value is -4.12. The summed E-state index contributed by atoms with van der Waals surface area (Å²) < 4.78 is 44.9. The van der Waals surface area contributed by atoms with Gasteiger partial charge in [-0.2, -0.15) is 18.3 Å². The maximum atomic E-state index is 13.4. The number of alkyl halides is 3. The molecule has 2 heterocycles. The molecule has 2 aromatic carbocycles. The Labute approximate surface area is 214 Å². The van der Waals surface area contributed by atoms with Crippen LogP contribution in [0.2, 0.25) is 5.02 Å². The van der Waals surface area contributed by atoms with Crippen molar-refractivity contribution >= 4 is 23.2 Å². The molecule has 0 atom stereocenters. The summed E-state index contributed by atoms with van der Waals surface area (Å²) in [7, 11) is 1.58. The van der Waals surface area contributed by atoms with Crippen molar-refractivity contribution in [3.63, 3.8) is 0 Å². The van der Waals surface area contributed by atoms with Crippen molar-refractivity contribution in [2.24, 2.45) is 0 Å². The number of H-pyrrole nitrogens is 2. The Kier molecular flexibility index (Phi) is 7.35. The Morgan fingerprint density at radius 2 is 1.89 bits per heavy atom. The second-order valence-corrected chi connectivity index (χ2v) is 8.54. The van der Waals surface area contributed by atoms with Crippen LogP contribution in [0.25, 0.3) is 11.1 Å². The first-order valence-electron chi connectivity index (χ1n) is 11.0. The number of para-hydroxylation sites is 2. The van der Waals surface area contributed by atoms with E-state index in [4.69, 9.17) is 16.3 Å². The molecule has 1 amide bonds. The summed E-state index contributed by atoms with van der Waals surface area (Å²) in [5.74, 6) is 0.491. The molecule has 0 saturated carbocycles. The number of aromatic amines is 2. The van der Waals surface area contributed by atoms with Gasteiger partial charge in [0.05, 0.1) is 12.3 Å². The lowest BCUT2D eigenvalue weighted by molar-refractivity contribution is -0.141. The Morgan fingerprint density at radius 1 is 1.14 bits per heavy atom. The van der Waals surface area contributed by atoms with E-state index in [1.807, 2.05) is 0 Å². The van der Waals surface area contributed by atoms with Crippen LogP contribution in [0, 0.1) is 6.92 Å². The van der Waals surface area contributed by atoms with Gasteiger partial charge >= 0.3 is 11.9 Å². The molecule has 4 aromatic rings. The number of nitrogens with one attached hydrogen (secondary N) is 2. The van der Waals surface area contributed by atoms with Crippen LogP contribution in [0.5, 0.6) is 5.75 Å². The van der Waals surface area contributed by atoms with Crippen molar-refractivity contribution < 1.29 is 22.7 Å². The highest BCUT2D eigenvalue weighted by Crippen LogP contribution is 2.35. The summed E-state index contributed by atoms with van der Waals surface area (Å²) in [5.41, 5.74) is 0.432. The molecule has 8 nitrogen and oxygen atoms in total. The van der Waals surface area contributed by atoms with Gasteiger partial charge in [-0.15, -0.1) is 0 Å². The van der Waals surface area contributed by atoms with Crippen molar-refractivity contribution in [1.82, 2.24) is 20.2 Å². The molecule has 0 spiro atoms. The smallest absolute Gasteiger partial charge is 0.433 e. The van der Waals surface area contributed by atoms with Crippen molar-refractivity contribution in [3.8, 4) is 16.9 Å². The number of carbonyl (C=O) groups is 1. The zero-order valence-corrected chi connectivity index (χ0v) is 20.4. The van der Waals surface area contributed by atoms with Gasteiger partial charge in [-0.3, -0.25) is 14.8 Å². The highest BCUT2D eigenvalue weighted by Gasteiger charge is 2.33. The van der Waals surface area contributed by atoms with Gasteiger partial charge in [-0.1, -0.05) is 23.7 Å². The number of hydrogen-bond acceptors (Lipinski definition) is 5. The quantitative estimate of drug-likeness (QED) is 0.348. The van der Waals surface area contributed by atoms with Gasteiger partial charge in [-0.05, 0) is 48.9 Å². The lowest BCUT2D eigenvalue weighted by atomic mass is 9.99. The third-order valence-corrected chi connectivity index (χ3v) is 5.91. The van der Waals surface area contributed by atoms with Gasteiger partial charge in [-0.25, -0.2) is 9.89 Å². The Bertz CT molecular complexity index is 1500. The molecule has 0 aliphatic heterocycles. The molecule has 4 rings (SSSR count). The van der Waals surface area contributed by atoms with E-state index in [1.165, 1.54) is 30.0 Å². The Balaban J connectivity index is 1.57. The summed E-state index contributed by atoms with van der Waals surface area (Å²) in [4.78, 5) is 32.0. The van der Waals surface area contributed by atoms with Gasteiger partial charge in [0.25, 0.3) is 5.91 Å². The number of amides is 1. The molecule has 0 bridgehead atoms. The Morgan fingerprint density at radius 3 is 2.57 bits per heavy atom. The van der Waals surface area contributed by atoms with E-state index in [2.05, 4.69) is 20.2 Å².